The predicted molar refractivity (Wildman–Crippen MR) is 97.7 cm³/mol. The monoisotopic (exact) mass is 364 g/mol. The van der Waals surface area contributed by atoms with Gasteiger partial charge in [0.25, 0.3) is 0 Å². The fourth-order valence-electron chi connectivity index (χ4n) is 5.29. The molecule has 0 saturated heterocycles. The highest BCUT2D eigenvalue weighted by Gasteiger charge is 2.47. The molecule has 0 unspecified atom stereocenters. The topological polar surface area (TPSA) is 83.8 Å². The summed E-state index contributed by atoms with van der Waals surface area (Å²) in [7, 11) is 0. The van der Waals surface area contributed by atoms with Crippen molar-refractivity contribution in [1.29, 1.82) is 0 Å². The Kier molecular flexibility index (Phi) is 6.87. The fourth-order valence-corrected chi connectivity index (χ4v) is 5.29. The number of aliphatic hydroxyl groups excluding tert-OH is 1. The molecule has 5 heteroatoms. The molecule has 0 aromatic rings. The number of hydrogen-bond donors (Lipinski definition) is 2. The number of fused-ring (bicyclic) bond motifs is 1. The van der Waals surface area contributed by atoms with Crippen molar-refractivity contribution in [3.05, 3.63) is 11.6 Å². The largest absolute Gasteiger partial charge is 0.480 e. The molecule has 2 saturated carbocycles. The van der Waals surface area contributed by atoms with Gasteiger partial charge < -0.3 is 14.9 Å². The first-order chi connectivity index (χ1) is 12.5. The van der Waals surface area contributed by atoms with E-state index in [4.69, 9.17) is 9.84 Å². The third-order valence-corrected chi connectivity index (χ3v) is 6.58. The SMILES string of the molecule is O=C(O)COCCC1=C[C@@H]2C[C@@H](O)[C@H](C(=O)CCC3CCCCC3)[C@@H]2C1. The maximum Gasteiger partial charge on any atom is 0.329 e. The molecule has 0 heterocycles. The molecule has 2 N–H and O–H groups in total. The molecule has 0 aliphatic heterocycles. The van der Waals surface area contributed by atoms with Gasteiger partial charge in [-0.2, -0.15) is 0 Å². The van der Waals surface area contributed by atoms with E-state index < -0.39 is 12.1 Å². The summed E-state index contributed by atoms with van der Waals surface area (Å²) in [6.45, 7) is 0.140. The van der Waals surface area contributed by atoms with Crippen molar-refractivity contribution in [2.24, 2.45) is 23.7 Å². The second-order valence-corrected chi connectivity index (χ2v) is 8.39. The minimum Gasteiger partial charge on any atom is -0.480 e. The van der Waals surface area contributed by atoms with Crippen LogP contribution in [0.2, 0.25) is 0 Å². The van der Waals surface area contributed by atoms with Crippen LogP contribution in [-0.2, 0) is 14.3 Å². The van der Waals surface area contributed by atoms with E-state index in [0.717, 1.165) is 19.3 Å². The third-order valence-electron chi connectivity index (χ3n) is 6.58. The summed E-state index contributed by atoms with van der Waals surface area (Å²) in [4.78, 5) is 23.3. The number of allylic oxidation sites excluding steroid dienone is 1. The lowest BCUT2D eigenvalue weighted by atomic mass is 9.81. The first-order valence-electron chi connectivity index (χ1n) is 10.2. The van der Waals surface area contributed by atoms with E-state index in [-0.39, 0.29) is 24.2 Å². The van der Waals surface area contributed by atoms with Gasteiger partial charge >= 0.3 is 5.97 Å². The minimum absolute atomic E-state index is 0.211. The average molecular weight is 364 g/mol. The Balaban J connectivity index is 1.46. The van der Waals surface area contributed by atoms with Gasteiger partial charge in [-0.1, -0.05) is 43.8 Å². The number of ketones is 1. The molecular formula is C21H32O5. The maximum absolute atomic E-state index is 12.8. The zero-order chi connectivity index (χ0) is 18.5. The minimum atomic E-state index is -0.950. The molecule has 3 aliphatic rings. The molecule has 5 nitrogen and oxygen atoms in total. The Hall–Kier alpha value is -1.20. The molecule has 0 amide bonds. The molecule has 0 spiro atoms. The fraction of sp³-hybridized carbons (Fsp3) is 0.810. The van der Waals surface area contributed by atoms with Crippen LogP contribution in [0.25, 0.3) is 0 Å². The number of carbonyl (C=O) groups excluding carboxylic acids is 1. The van der Waals surface area contributed by atoms with Gasteiger partial charge in [-0.3, -0.25) is 4.79 Å². The van der Waals surface area contributed by atoms with Gasteiger partial charge in [0.15, 0.2) is 0 Å². The quantitative estimate of drug-likeness (QED) is 0.484. The van der Waals surface area contributed by atoms with Gasteiger partial charge in [-0.25, -0.2) is 4.79 Å². The van der Waals surface area contributed by atoms with Crippen LogP contribution in [-0.4, -0.2) is 41.3 Å². The van der Waals surface area contributed by atoms with Crippen LogP contribution in [0.3, 0.4) is 0 Å². The summed E-state index contributed by atoms with van der Waals surface area (Å²) in [6.07, 6.45) is 12.0. The first kappa shape index (κ1) is 19.6. The molecule has 4 atom stereocenters. The lowest BCUT2D eigenvalue weighted by Crippen LogP contribution is -2.29. The molecule has 0 bridgehead atoms. The van der Waals surface area contributed by atoms with E-state index in [1.165, 1.54) is 37.7 Å². The van der Waals surface area contributed by atoms with Crippen LogP contribution in [0.5, 0.6) is 0 Å². The number of aliphatic hydroxyl groups is 1. The van der Waals surface area contributed by atoms with Gasteiger partial charge in [0.1, 0.15) is 12.4 Å². The van der Waals surface area contributed by atoms with Crippen LogP contribution >= 0.6 is 0 Å². The van der Waals surface area contributed by atoms with Crippen molar-refractivity contribution in [3.63, 3.8) is 0 Å². The van der Waals surface area contributed by atoms with E-state index in [0.29, 0.717) is 31.3 Å². The van der Waals surface area contributed by atoms with Gasteiger partial charge in [0, 0.05) is 12.3 Å². The number of hydrogen-bond acceptors (Lipinski definition) is 4. The highest BCUT2D eigenvalue weighted by atomic mass is 16.5. The van der Waals surface area contributed by atoms with Crippen LogP contribution in [0.1, 0.15) is 64.2 Å². The van der Waals surface area contributed by atoms with Crippen LogP contribution < -0.4 is 0 Å². The zero-order valence-corrected chi connectivity index (χ0v) is 15.6. The van der Waals surface area contributed by atoms with Crippen molar-refractivity contribution in [2.75, 3.05) is 13.2 Å². The molecule has 0 aromatic carbocycles. The van der Waals surface area contributed by atoms with Crippen molar-refractivity contribution >= 4 is 11.8 Å². The normalized spacial score (nSPS) is 31.7. The summed E-state index contributed by atoms with van der Waals surface area (Å²) in [5.41, 5.74) is 1.25. The predicted octanol–water partition coefficient (Wildman–Crippen LogP) is 3.35. The number of ether oxygens (including phenoxy) is 1. The standard InChI is InChI=1S/C21H32O5/c22-18(7-6-14-4-2-1-3-5-14)21-17-11-15(8-9-26-13-20(24)25)10-16(17)12-19(21)23/h10,14,16-17,19,21,23H,1-9,11-13H2,(H,24,25)/t16-,17-,19-,21+/m1/s1. The molecular weight excluding hydrogens is 332 g/mol. The van der Waals surface area contributed by atoms with Gasteiger partial charge in [-0.15, -0.1) is 0 Å². The molecule has 26 heavy (non-hydrogen) atoms. The summed E-state index contributed by atoms with van der Waals surface area (Å²) in [5, 5.41) is 19.0. The maximum atomic E-state index is 12.8. The molecule has 3 aliphatic carbocycles. The number of Topliss-reactive ketones (excluding diaryl/α,β-unsaturated/α-hetero) is 1. The Morgan fingerprint density at radius 1 is 1.19 bits per heavy atom. The zero-order valence-electron chi connectivity index (χ0n) is 15.6. The van der Waals surface area contributed by atoms with Gasteiger partial charge in [0.05, 0.1) is 12.7 Å². The smallest absolute Gasteiger partial charge is 0.329 e. The van der Waals surface area contributed by atoms with E-state index >= 15 is 0 Å². The van der Waals surface area contributed by atoms with Gasteiger partial charge in [-0.05, 0) is 43.4 Å². The van der Waals surface area contributed by atoms with E-state index in [1.807, 2.05) is 0 Å². The van der Waals surface area contributed by atoms with E-state index in [2.05, 4.69) is 6.08 Å². The lowest BCUT2D eigenvalue weighted by Gasteiger charge is -2.24. The molecule has 0 aromatic heterocycles. The van der Waals surface area contributed by atoms with E-state index in [1.54, 1.807) is 0 Å². The highest BCUT2D eigenvalue weighted by molar-refractivity contribution is 5.82. The Morgan fingerprint density at radius 2 is 1.96 bits per heavy atom. The summed E-state index contributed by atoms with van der Waals surface area (Å²) in [5.74, 6) is 0.325. The Bertz CT molecular complexity index is 535. The summed E-state index contributed by atoms with van der Waals surface area (Å²) >= 11 is 0. The van der Waals surface area contributed by atoms with Gasteiger partial charge in [0.2, 0.25) is 0 Å². The van der Waals surface area contributed by atoms with Crippen LogP contribution in [0, 0.1) is 23.7 Å². The second kappa shape index (κ2) is 9.14. The van der Waals surface area contributed by atoms with Crippen molar-refractivity contribution < 1.29 is 24.5 Å². The number of rotatable bonds is 9. The van der Waals surface area contributed by atoms with Crippen molar-refractivity contribution in [1.82, 2.24) is 0 Å². The molecule has 2 fully saturated rings. The number of carboxylic acid groups (broad SMARTS) is 1. The van der Waals surface area contributed by atoms with Crippen molar-refractivity contribution in [3.8, 4) is 0 Å². The van der Waals surface area contributed by atoms with Crippen LogP contribution in [0.4, 0.5) is 0 Å². The second-order valence-electron chi connectivity index (χ2n) is 8.39. The molecule has 3 rings (SSSR count). The molecule has 146 valence electrons. The Morgan fingerprint density at radius 3 is 2.69 bits per heavy atom. The lowest BCUT2D eigenvalue weighted by molar-refractivity contribution is -0.142. The molecule has 0 radical (unpaired) electrons. The highest BCUT2D eigenvalue weighted by Crippen LogP contribution is 2.48. The van der Waals surface area contributed by atoms with E-state index in [9.17, 15) is 14.7 Å². The van der Waals surface area contributed by atoms with Crippen molar-refractivity contribution in [2.45, 2.75) is 70.3 Å². The third kappa shape index (κ3) is 4.95. The Labute approximate surface area is 155 Å². The number of aliphatic carboxylic acids is 1. The first-order valence-corrected chi connectivity index (χ1v) is 10.2. The summed E-state index contributed by atoms with van der Waals surface area (Å²) < 4.78 is 5.12. The number of carboxylic acids is 1. The average Bonchev–Trinajstić information content (AvgIpc) is 3.13. The summed E-state index contributed by atoms with van der Waals surface area (Å²) in [6, 6.07) is 0. The van der Waals surface area contributed by atoms with Crippen LogP contribution in [0.15, 0.2) is 11.6 Å². The number of carbonyl (C=O) groups is 2.